The largest absolute Gasteiger partial charge is 0.507 e. The molecular weight excluding hydrogens is 216 g/mol. The Morgan fingerprint density at radius 2 is 1.93 bits per heavy atom. The molecule has 1 rings (SSSR count). The standard InChI is InChI=1S/C11H13ClO3/c1-6(2)3-9(13)7-4-8(12)11(15)5-10(7)14/h4-6,14-15H,3H2,1-2H3. The van der Waals surface area contributed by atoms with Crippen LogP contribution in [0, 0.1) is 5.92 Å². The monoisotopic (exact) mass is 228 g/mol. The fourth-order valence-electron chi connectivity index (χ4n) is 1.25. The molecular formula is C11H13ClO3. The maximum atomic E-state index is 11.6. The SMILES string of the molecule is CC(C)CC(=O)c1cc(Cl)c(O)cc1O. The van der Waals surface area contributed by atoms with Gasteiger partial charge in [0.05, 0.1) is 10.6 Å². The van der Waals surface area contributed by atoms with Crippen molar-refractivity contribution in [1.29, 1.82) is 0 Å². The Bertz CT molecular complexity index is 386. The van der Waals surface area contributed by atoms with E-state index in [2.05, 4.69) is 0 Å². The Balaban J connectivity index is 3.04. The van der Waals surface area contributed by atoms with Crippen molar-refractivity contribution >= 4 is 17.4 Å². The van der Waals surface area contributed by atoms with Gasteiger partial charge >= 0.3 is 0 Å². The zero-order chi connectivity index (χ0) is 11.6. The van der Waals surface area contributed by atoms with Gasteiger partial charge in [-0.15, -0.1) is 0 Å². The van der Waals surface area contributed by atoms with Crippen LogP contribution in [0.4, 0.5) is 0 Å². The smallest absolute Gasteiger partial charge is 0.166 e. The Morgan fingerprint density at radius 3 is 2.47 bits per heavy atom. The van der Waals surface area contributed by atoms with Gasteiger partial charge in [0, 0.05) is 12.5 Å². The molecule has 0 spiro atoms. The number of ketones is 1. The predicted molar refractivity (Wildman–Crippen MR) is 58.6 cm³/mol. The van der Waals surface area contributed by atoms with E-state index in [0.717, 1.165) is 6.07 Å². The second-order valence-electron chi connectivity index (χ2n) is 3.84. The molecule has 15 heavy (non-hydrogen) atoms. The van der Waals surface area contributed by atoms with Crippen molar-refractivity contribution in [3.63, 3.8) is 0 Å². The van der Waals surface area contributed by atoms with E-state index in [1.807, 2.05) is 13.8 Å². The number of carbonyl (C=O) groups excluding carboxylic acids is 1. The van der Waals surface area contributed by atoms with Crippen LogP contribution < -0.4 is 0 Å². The first kappa shape index (κ1) is 11.9. The highest BCUT2D eigenvalue weighted by Gasteiger charge is 2.15. The van der Waals surface area contributed by atoms with Gasteiger partial charge in [0.1, 0.15) is 11.5 Å². The maximum Gasteiger partial charge on any atom is 0.166 e. The number of benzene rings is 1. The minimum Gasteiger partial charge on any atom is -0.507 e. The Labute approximate surface area is 93.3 Å². The lowest BCUT2D eigenvalue weighted by molar-refractivity contribution is 0.0965. The molecule has 82 valence electrons. The minimum absolute atomic E-state index is 0.0694. The molecule has 0 fully saturated rings. The molecule has 2 N–H and O–H groups in total. The second-order valence-corrected chi connectivity index (χ2v) is 4.25. The molecule has 0 aliphatic heterocycles. The second kappa shape index (κ2) is 4.53. The molecule has 4 heteroatoms. The summed E-state index contributed by atoms with van der Waals surface area (Å²) in [6.07, 6.45) is 0.342. The Kier molecular flexibility index (Phi) is 3.58. The van der Waals surface area contributed by atoms with Crippen LogP contribution in [-0.2, 0) is 0 Å². The molecule has 0 saturated heterocycles. The van der Waals surface area contributed by atoms with E-state index in [1.165, 1.54) is 6.07 Å². The van der Waals surface area contributed by atoms with Crippen LogP contribution in [0.25, 0.3) is 0 Å². The van der Waals surface area contributed by atoms with Crippen LogP contribution in [0.3, 0.4) is 0 Å². The van der Waals surface area contributed by atoms with Crippen LogP contribution in [0.2, 0.25) is 5.02 Å². The molecule has 0 aromatic heterocycles. The van der Waals surface area contributed by atoms with E-state index in [-0.39, 0.29) is 33.8 Å². The highest BCUT2D eigenvalue weighted by atomic mass is 35.5. The molecule has 0 unspecified atom stereocenters. The van der Waals surface area contributed by atoms with E-state index < -0.39 is 0 Å². The summed E-state index contributed by atoms with van der Waals surface area (Å²) in [5.41, 5.74) is 0.159. The molecule has 0 saturated carbocycles. The number of hydrogen-bond acceptors (Lipinski definition) is 3. The average Bonchev–Trinajstić information content (AvgIpc) is 2.09. The number of phenolic OH excluding ortho intramolecular Hbond substituents is 2. The van der Waals surface area contributed by atoms with Crippen molar-refractivity contribution in [1.82, 2.24) is 0 Å². The summed E-state index contributed by atoms with van der Waals surface area (Å²) >= 11 is 5.65. The van der Waals surface area contributed by atoms with Gasteiger partial charge in [0.2, 0.25) is 0 Å². The highest BCUT2D eigenvalue weighted by Crippen LogP contribution is 2.31. The number of Topliss-reactive ketones (excluding diaryl/α,β-unsaturated/α-hetero) is 1. The molecule has 0 amide bonds. The summed E-state index contributed by atoms with van der Waals surface area (Å²) in [7, 11) is 0. The zero-order valence-electron chi connectivity index (χ0n) is 8.62. The topological polar surface area (TPSA) is 57.5 Å². The lowest BCUT2D eigenvalue weighted by Gasteiger charge is -2.07. The molecule has 0 aliphatic rings. The summed E-state index contributed by atoms with van der Waals surface area (Å²) in [6.45, 7) is 3.83. The van der Waals surface area contributed by atoms with Gasteiger partial charge in [0.15, 0.2) is 5.78 Å². The fraction of sp³-hybridized carbons (Fsp3) is 0.364. The summed E-state index contributed by atoms with van der Waals surface area (Å²) in [5.74, 6) is -0.424. The molecule has 3 nitrogen and oxygen atoms in total. The van der Waals surface area contributed by atoms with Crippen molar-refractivity contribution in [2.45, 2.75) is 20.3 Å². The van der Waals surface area contributed by atoms with Gasteiger partial charge in [-0.05, 0) is 12.0 Å². The van der Waals surface area contributed by atoms with Crippen LogP contribution in [-0.4, -0.2) is 16.0 Å². The third-order valence-corrected chi connectivity index (χ3v) is 2.26. The van der Waals surface area contributed by atoms with Crippen LogP contribution in [0.1, 0.15) is 30.6 Å². The molecule has 0 aliphatic carbocycles. The quantitative estimate of drug-likeness (QED) is 0.782. The van der Waals surface area contributed by atoms with E-state index in [9.17, 15) is 15.0 Å². The van der Waals surface area contributed by atoms with E-state index in [4.69, 9.17) is 11.6 Å². The number of carbonyl (C=O) groups is 1. The van der Waals surface area contributed by atoms with E-state index in [0.29, 0.717) is 6.42 Å². The zero-order valence-corrected chi connectivity index (χ0v) is 9.38. The first-order chi connectivity index (χ1) is 6.91. The summed E-state index contributed by atoms with van der Waals surface area (Å²) < 4.78 is 0. The maximum absolute atomic E-state index is 11.6. The van der Waals surface area contributed by atoms with Gasteiger partial charge in [-0.2, -0.15) is 0 Å². The fourth-order valence-corrected chi connectivity index (χ4v) is 1.42. The number of phenols is 2. The number of hydrogen-bond donors (Lipinski definition) is 2. The van der Waals surface area contributed by atoms with Gasteiger partial charge in [-0.3, -0.25) is 4.79 Å². The van der Waals surface area contributed by atoms with E-state index in [1.54, 1.807) is 0 Å². The minimum atomic E-state index is -0.234. The molecule has 0 radical (unpaired) electrons. The molecule has 0 bridgehead atoms. The predicted octanol–water partition coefficient (Wildman–Crippen LogP) is 2.98. The number of aromatic hydroxyl groups is 2. The Morgan fingerprint density at radius 1 is 1.33 bits per heavy atom. The van der Waals surface area contributed by atoms with Gasteiger partial charge in [-0.25, -0.2) is 0 Å². The first-order valence-electron chi connectivity index (χ1n) is 4.66. The summed E-state index contributed by atoms with van der Waals surface area (Å²) in [6, 6.07) is 2.37. The van der Waals surface area contributed by atoms with Crippen LogP contribution in [0.5, 0.6) is 11.5 Å². The molecule has 1 aromatic carbocycles. The Hall–Kier alpha value is -1.22. The van der Waals surface area contributed by atoms with Crippen molar-refractivity contribution in [2.75, 3.05) is 0 Å². The third kappa shape index (κ3) is 2.86. The van der Waals surface area contributed by atoms with Crippen LogP contribution in [0.15, 0.2) is 12.1 Å². The van der Waals surface area contributed by atoms with Crippen molar-refractivity contribution < 1.29 is 15.0 Å². The highest BCUT2D eigenvalue weighted by molar-refractivity contribution is 6.32. The van der Waals surface area contributed by atoms with Gasteiger partial charge < -0.3 is 10.2 Å². The van der Waals surface area contributed by atoms with Crippen molar-refractivity contribution in [2.24, 2.45) is 5.92 Å². The normalized spacial score (nSPS) is 10.7. The van der Waals surface area contributed by atoms with E-state index >= 15 is 0 Å². The van der Waals surface area contributed by atoms with Crippen molar-refractivity contribution in [3.8, 4) is 11.5 Å². The molecule has 1 aromatic rings. The van der Waals surface area contributed by atoms with Gasteiger partial charge in [-0.1, -0.05) is 25.4 Å². The lowest BCUT2D eigenvalue weighted by Crippen LogP contribution is -2.03. The first-order valence-corrected chi connectivity index (χ1v) is 5.04. The third-order valence-electron chi connectivity index (χ3n) is 1.96. The molecule has 0 heterocycles. The van der Waals surface area contributed by atoms with Crippen LogP contribution >= 0.6 is 11.6 Å². The lowest BCUT2D eigenvalue weighted by atomic mass is 10.0. The number of rotatable bonds is 3. The van der Waals surface area contributed by atoms with Crippen molar-refractivity contribution in [3.05, 3.63) is 22.7 Å². The average molecular weight is 229 g/mol. The summed E-state index contributed by atoms with van der Waals surface area (Å²) in [5, 5.41) is 18.7. The molecule has 0 atom stereocenters. The number of halogens is 1. The summed E-state index contributed by atoms with van der Waals surface area (Å²) in [4.78, 5) is 11.6. The van der Waals surface area contributed by atoms with Gasteiger partial charge in [0.25, 0.3) is 0 Å².